The molecule has 0 radical (unpaired) electrons. The van der Waals surface area contributed by atoms with Crippen LogP contribution in [0.4, 0.5) is 0 Å². The third-order valence-corrected chi connectivity index (χ3v) is 9.09. The van der Waals surface area contributed by atoms with Crippen LogP contribution in [0.1, 0.15) is 41.3 Å². The number of amides is 2. The number of nitrogens with zero attached hydrogens (tertiary/aromatic N) is 4. The molecule has 0 aliphatic carbocycles. The molecule has 47 heavy (non-hydrogen) atoms. The number of aromatic nitrogens is 2. The number of aryl methyl sites for hydroxylation is 1. The van der Waals surface area contributed by atoms with Crippen LogP contribution >= 0.6 is 23.2 Å². The second kappa shape index (κ2) is 15.8. The molecule has 5 rings (SSSR count). The molecular formula is C34H38Cl2N6O5. The highest BCUT2D eigenvalue weighted by Crippen LogP contribution is 2.32. The summed E-state index contributed by atoms with van der Waals surface area (Å²) in [5.74, 6) is 4.29. The predicted molar refractivity (Wildman–Crippen MR) is 179 cm³/mol. The van der Waals surface area contributed by atoms with Gasteiger partial charge in [0.2, 0.25) is 0 Å². The van der Waals surface area contributed by atoms with E-state index in [9.17, 15) is 14.4 Å². The summed E-state index contributed by atoms with van der Waals surface area (Å²) in [5, 5.41) is 9.07. The van der Waals surface area contributed by atoms with Crippen LogP contribution in [0.2, 0.25) is 10.0 Å². The van der Waals surface area contributed by atoms with Gasteiger partial charge in [-0.15, -0.1) is 0 Å². The Labute approximate surface area is 284 Å². The van der Waals surface area contributed by atoms with Crippen LogP contribution in [0.5, 0.6) is 0 Å². The number of halogens is 2. The number of rotatable bonds is 9. The molecule has 1 fully saturated rings. The van der Waals surface area contributed by atoms with Gasteiger partial charge in [0.05, 0.1) is 44.1 Å². The summed E-state index contributed by atoms with van der Waals surface area (Å²) in [6, 6.07) is 11.4. The standard InChI is InChI=1S/C34H38Cl2N6O5/c1-22-21-47-15-14-40(22)11-3-12-42-30-10-13-41(34(45)33(37)44)20-27(30)32(39-42)25-7-9-28(35)24(17-25)6-4-23-5-8-29(36)26(16-23)18-38-19-31(43)46-2/h5,7-9,16-17,22,38H,3,10-15,18-21H2,1-2H3,(H2,37,44)/t22-/m0/s1. The van der Waals surface area contributed by atoms with E-state index >= 15 is 0 Å². The van der Waals surface area contributed by atoms with Crippen molar-refractivity contribution in [1.82, 2.24) is 24.9 Å². The summed E-state index contributed by atoms with van der Waals surface area (Å²) in [6.45, 7) is 7.25. The summed E-state index contributed by atoms with van der Waals surface area (Å²) in [5.41, 5.74) is 10.9. The molecule has 2 amide bonds. The third kappa shape index (κ3) is 8.52. The number of esters is 1. The third-order valence-electron chi connectivity index (χ3n) is 8.39. The molecule has 13 heteroatoms. The molecule has 0 spiro atoms. The molecule has 11 nitrogen and oxygen atoms in total. The number of nitrogens with two attached hydrogens (primary N) is 1. The van der Waals surface area contributed by atoms with E-state index in [2.05, 4.69) is 33.7 Å². The number of carbonyl (C=O) groups is 3. The minimum atomic E-state index is -0.976. The Balaban J connectivity index is 1.41. The highest BCUT2D eigenvalue weighted by atomic mass is 35.5. The molecule has 0 bridgehead atoms. The van der Waals surface area contributed by atoms with Gasteiger partial charge in [0.15, 0.2) is 0 Å². The van der Waals surface area contributed by atoms with Crippen molar-refractivity contribution in [3.05, 3.63) is 74.4 Å². The number of fused-ring (bicyclic) bond motifs is 1. The Bertz CT molecular complexity index is 1710. The molecule has 2 aliphatic rings. The zero-order chi connectivity index (χ0) is 33.5. The maximum absolute atomic E-state index is 12.5. The van der Waals surface area contributed by atoms with Crippen molar-refractivity contribution in [3.63, 3.8) is 0 Å². The maximum Gasteiger partial charge on any atom is 0.319 e. The molecule has 3 aromatic rings. The molecule has 2 aliphatic heterocycles. The maximum atomic E-state index is 12.5. The lowest BCUT2D eigenvalue weighted by atomic mass is 9.99. The molecule has 1 aromatic heterocycles. The summed E-state index contributed by atoms with van der Waals surface area (Å²) in [7, 11) is 1.33. The van der Waals surface area contributed by atoms with Crippen LogP contribution < -0.4 is 11.1 Å². The van der Waals surface area contributed by atoms with Crippen LogP contribution in [0.3, 0.4) is 0 Å². The highest BCUT2D eigenvalue weighted by Gasteiger charge is 2.30. The van der Waals surface area contributed by atoms with Gasteiger partial charge in [-0.2, -0.15) is 5.10 Å². The van der Waals surface area contributed by atoms with Crippen LogP contribution in [-0.2, 0) is 49.9 Å². The second-order valence-corrected chi connectivity index (χ2v) is 12.4. The number of methoxy groups -OCH3 is 1. The van der Waals surface area contributed by atoms with Gasteiger partial charge >= 0.3 is 17.8 Å². The molecule has 3 heterocycles. The lowest BCUT2D eigenvalue weighted by Gasteiger charge is -2.33. The number of hydrogen-bond donors (Lipinski definition) is 2. The van der Waals surface area contributed by atoms with Crippen LogP contribution in [0, 0.1) is 11.8 Å². The van der Waals surface area contributed by atoms with Crippen molar-refractivity contribution in [2.75, 3.05) is 46.5 Å². The number of hydrogen-bond acceptors (Lipinski definition) is 8. The number of nitrogens with one attached hydrogen (secondary N) is 1. The van der Waals surface area contributed by atoms with Crippen LogP contribution in [0.25, 0.3) is 11.3 Å². The molecule has 1 atom stereocenters. The van der Waals surface area contributed by atoms with Crippen molar-refractivity contribution in [2.45, 2.75) is 45.4 Å². The van der Waals surface area contributed by atoms with E-state index in [0.717, 1.165) is 60.7 Å². The molecule has 0 unspecified atom stereocenters. The van der Waals surface area contributed by atoms with E-state index in [0.29, 0.717) is 53.4 Å². The van der Waals surface area contributed by atoms with Crippen molar-refractivity contribution in [3.8, 4) is 23.1 Å². The largest absolute Gasteiger partial charge is 0.468 e. The average molecular weight is 682 g/mol. The highest BCUT2D eigenvalue weighted by molar-refractivity contribution is 6.34. The number of primary amides is 1. The first kappa shape index (κ1) is 34.4. The van der Waals surface area contributed by atoms with E-state index in [1.54, 1.807) is 12.1 Å². The van der Waals surface area contributed by atoms with Crippen molar-refractivity contribution < 1.29 is 23.9 Å². The minimum Gasteiger partial charge on any atom is -0.468 e. The fourth-order valence-corrected chi connectivity index (χ4v) is 6.17. The molecule has 3 N–H and O–H groups in total. The van der Waals surface area contributed by atoms with E-state index in [1.165, 1.54) is 12.0 Å². The van der Waals surface area contributed by atoms with E-state index in [1.807, 2.05) is 28.9 Å². The number of benzene rings is 2. The van der Waals surface area contributed by atoms with Gasteiger partial charge < -0.3 is 25.4 Å². The minimum absolute atomic E-state index is 0.0616. The Kier molecular flexibility index (Phi) is 11.6. The fraction of sp³-hybridized carbons (Fsp3) is 0.412. The first-order chi connectivity index (χ1) is 22.6. The number of carbonyl (C=O) groups excluding carboxylic acids is 3. The van der Waals surface area contributed by atoms with E-state index < -0.39 is 11.8 Å². The smallest absolute Gasteiger partial charge is 0.319 e. The van der Waals surface area contributed by atoms with Crippen LogP contribution in [0.15, 0.2) is 36.4 Å². The first-order valence-corrected chi connectivity index (χ1v) is 16.3. The van der Waals surface area contributed by atoms with Gasteiger partial charge in [0, 0.05) is 78.2 Å². The van der Waals surface area contributed by atoms with E-state index in [-0.39, 0.29) is 19.1 Å². The van der Waals surface area contributed by atoms with Gasteiger partial charge in [-0.05, 0) is 49.2 Å². The molecular weight excluding hydrogens is 643 g/mol. The Hall–Kier alpha value is -3.92. The van der Waals surface area contributed by atoms with E-state index in [4.69, 9.17) is 38.8 Å². The van der Waals surface area contributed by atoms with Gasteiger partial charge in [-0.1, -0.05) is 41.1 Å². The van der Waals surface area contributed by atoms with Crippen molar-refractivity contribution in [1.29, 1.82) is 0 Å². The predicted octanol–water partition coefficient (Wildman–Crippen LogP) is 3.00. The van der Waals surface area contributed by atoms with Gasteiger partial charge in [0.1, 0.15) is 0 Å². The zero-order valence-corrected chi connectivity index (χ0v) is 28.0. The van der Waals surface area contributed by atoms with Gasteiger partial charge in [0.25, 0.3) is 0 Å². The zero-order valence-electron chi connectivity index (χ0n) is 26.5. The summed E-state index contributed by atoms with van der Waals surface area (Å²) in [4.78, 5) is 39.6. The first-order valence-electron chi connectivity index (χ1n) is 15.5. The molecule has 1 saturated heterocycles. The summed E-state index contributed by atoms with van der Waals surface area (Å²) in [6.07, 6.45) is 1.46. The topological polar surface area (TPSA) is 132 Å². The average Bonchev–Trinajstić information content (AvgIpc) is 3.43. The summed E-state index contributed by atoms with van der Waals surface area (Å²) < 4.78 is 12.3. The normalized spacial score (nSPS) is 16.3. The lowest BCUT2D eigenvalue weighted by molar-refractivity contribution is -0.144. The fourth-order valence-electron chi connectivity index (χ4n) is 5.82. The van der Waals surface area contributed by atoms with Crippen LogP contribution in [-0.4, -0.2) is 89.9 Å². The molecule has 0 saturated carbocycles. The van der Waals surface area contributed by atoms with Crippen molar-refractivity contribution in [2.24, 2.45) is 5.73 Å². The number of ether oxygens (including phenoxy) is 2. The Morgan fingerprint density at radius 3 is 2.68 bits per heavy atom. The Morgan fingerprint density at radius 1 is 1.11 bits per heavy atom. The quantitative estimate of drug-likeness (QED) is 0.200. The number of morpholine rings is 1. The SMILES string of the molecule is COC(=O)CNCc1cc(C#Cc2cc(-c3nn(CCCN4CCOC[C@@H]4C)c4c3CN(C(=O)C(N)=O)CC4)ccc2Cl)ccc1Cl. The molecule has 2 aromatic carbocycles. The Morgan fingerprint density at radius 2 is 1.91 bits per heavy atom. The lowest BCUT2D eigenvalue weighted by Crippen LogP contribution is -2.44. The van der Waals surface area contributed by atoms with Gasteiger partial charge in [-0.3, -0.25) is 24.0 Å². The second-order valence-electron chi connectivity index (χ2n) is 11.6. The monoisotopic (exact) mass is 680 g/mol. The van der Waals surface area contributed by atoms with Gasteiger partial charge in [-0.25, -0.2) is 0 Å². The molecule has 248 valence electrons. The van der Waals surface area contributed by atoms with Crippen molar-refractivity contribution >= 4 is 41.0 Å². The summed E-state index contributed by atoms with van der Waals surface area (Å²) >= 11 is 13.0.